The lowest BCUT2D eigenvalue weighted by atomic mass is 10.2. The van der Waals surface area contributed by atoms with Gasteiger partial charge >= 0.3 is 0 Å². The van der Waals surface area contributed by atoms with Gasteiger partial charge in [-0.3, -0.25) is 4.79 Å². The van der Waals surface area contributed by atoms with Gasteiger partial charge in [0.2, 0.25) is 0 Å². The van der Waals surface area contributed by atoms with Crippen LogP contribution in [0.5, 0.6) is 5.75 Å². The van der Waals surface area contributed by atoms with Crippen molar-refractivity contribution < 1.29 is 9.53 Å². The van der Waals surface area contributed by atoms with Crippen molar-refractivity contribution in [1.82, 2.24) is 10.2 Å². The van der Waals surface area contributed by atoms with Crippen LogP contribution in [0.2, 0.25) is 5.02 Å². The fraction of sp³-hybridized carbons (Fsp3) is 0.562. The molecule has 0 aliphatic heterocycles. The summed E-state index contributed by atoms with van der Waals surface area (Å²) in [5.74, 6) is 0.483. The summed E-state index contributed by atoms with van der Waals surface area (Å²) < 4.78 is 5.51. The maximum absolute atomic E-state index is 11.9. The summed E-state index contributed by atoms with van der Waals surface area (Å²) in [5, 5.41) is 3.85. The topological polar surface area (TPSA) is 41.6 Å². The largest absolute Gasteiger partial charge is 0.482 e. The van der Waals surface area contributed by atoms with Crippen LogP contribution in [0.3, 0.4) is 0 Å². The number of carbonyl (C=O) groups excluding carboxylic acids is 1. The van der Waals surface area contributed by atoms with Gasteiger partial charge in [0.15, 0.2) is 6.61 Å². The molecule has 0 aromatic heterocycles. The zero-order valence-electron chi connectivity index (χ0n) is 13.3. The molecule has 1 rings (SSSR count). The van der Waals surface area contributed by atoms with E-state index in [1.807, 2.05) is 32.0 Å². The number of halogens is 1. The molecule has 0 radical (unpaired) electrons. The third kappa shape index (κ3) is 5.94. The number of nitrogens with zero attached hydrogens (tertiary/aromatic N) is 1. The second kappa shape index (κ2) is 8.90. The minimum atomic E-state index is -0.0604. The molecule has 0 fully saturated rings. The summed E-state index contributed by atoms with van der Waals surface area (Å²) >= 11 is 6.19. The van der Waals surface area contributed by atoms with Crippen molar-refractivity contribution in [3.63, 3.8) is 0 Å². The number of hydrogen-bond acceptors (Lipinski definition) is 3. The van der Waals surface area contributed by atoms with Crippen LogP contribution in [0.25, 0.3) is 0 Å². The molecule has 0 bridgehead atoms. The number of amides is 1. The van der Waals surface area contributed by atoms with Gasteiger partial charge in [0.05, 0.1) is 5.02 Å². The highest BCUT2D eigenvalue weighted by atomic mass is 35.5. The van der Waals surface area contributed by atoms with Crippen molar-refractivity contribution in [2.75, 3.05) is 20.2 Å². The number of rotatable bonds is 8. The Bertz CT molecular complexity index is 464. The van der Waals surface area contributed by atoms with Crippen molar-refractivity contribution in [3.05, 3.63) is 28.8 Å². The van der Waals surface area contributed by atoms with Gasteiger partial charge < -0.3 is 15.0 Å². The first-order valence-corrected chi connectivity index (χ1v) is 7.71. The van der Waals surface area contributed by atoms with Gasteiger partial charge in [0.1, 0.15) is 5.75 Å². The van der Waals surface area contributed by atoms with Gasteiger partial charge in [-0.05, 0) is 44.5 Å². The Balaban J connectivity index is 2.54. The van der Waals surface area contributed by atoms with E-state index in [2.05, 4.69) is 12.2 Å². The molecular formula is C16H25ClN2O2. The lowest BCUT2D eigenvalue weighted by Crippen LogP contribution is -2.36. The SMILES string of the molecule is CCCNCc1ccc(OCC(=O)N(C)C(C)C)c(Cl)c1. The molecule has 0 heterocycles. The second-order valence-electron chi connectivity index (χ2n) is 5.33. The van der Waals surface area contributed by atoms with E-state index in [-0.39, 0.29) is 18.6 Å². The van der Waals surface area contributed by atoms with E-state index in [1.165, 1.54) is 0 Å². The van der Waals surface area contributed by atoms with Crippen LogP contribution in [0.15, 0.2) is 18.2 Å². The summed E-state index contributed by atoms with van der Waals surface area (Å²) in [5.41, 5.74) is 1.10. The second-order valence-corrected chi connectivity index (χ2v) is 5.74. The lowest BCUT2D eigenvalue weighted by Gasteiger charge is -2.21. The summed E-state index contributed by atoms with van der Waals surface area (Å²) in [6.07, 6.45) is 1.10. The standard InChI is InChI=1S/C16H25ClN2O2/c1-5-8-18-10-13-6-7-15(14(17)9-13)21-11-16(20)19(4)12(2)3/h6-7,9,12,18H,5,8,10-11H2,1-4H3. The van der Waals surface area contributed by atoms with Crippen LogP contribution in [-0.2, 0) is 11.3 Å². The molecule has 0 aliphatic carbocycles. The van der Waals surface area contributed by atoms with Crippen LogP contribution in [0.4, 0.5) is 0 Å². The van der Waals surface area contributed by atoms with Crippen molar-refractivity contribution in [1.29, 1.82) is 0 Å². The summed E-state index contributed by atoms with van der Waals surface area (Å²) in [6, 6.07) is 5.80. The number of likely N-dealkylation sites (N-methyl/N-ethyl adjacent to an activating group) is 1. The van der Waals surface area contributed by atoms with E-state index in [4.69, 9.17) is 16.3 Å². The zero-order chi connectivity index (χ0) is 15.8. The molecular weight excluding hydrogens is 288 g/mol. The molecule has 1 aromatic carbocycles. The molecule has 4 nitrogen and oxygen atoms in total. The van der Waals surface area contributed by atoms with Crippen LogP contribution >= 0.6 is 11.6 Å². The summed E-state index contributed by atoms with van der Waals surface area (Å²) in [4.78, 5) is 13.5. The Morgan fingerprint density at radius 2 is 2.14 bits per heavy atom. The molecule has 0 saturated carbocycles. The minimum absolute atomic E-state index is 0.00182. The van der Waals surface area contributed by atoms with Crippen LogP contribution in [-0.4, -0.2) is 37.0 Å². The van der Waals surface area contributed by atoms with Gasteiger partial charge in [-0.15, -0.1) is 0 Å². The van der Waals surface area contributed by atoms with Crippen molar-refractivity contribution in [2.24, 2.45) is 0 Å². The van der Waals surface area contributed by atoms with E-state index in [0.717, 1.165) is 25.1 Å². The molecule has 0 unspecified atom stereocenters. The number of benzene rings is 1. The maximum atomic E-state index is 11.9. The average Bonchev–Trinajstić information content (AvgIpc) is 2.45. The molecule has 118 valence electrons. The smallest absolute Gasteiger partial charge is 0.260 e. The first-order valence-electron chi connectivity index (χ1n) is 7.33. The van der Waals surface area contributed by atoms with Gasteiger partial charge in [-0.2, -0.15) is 0 Å². The number of carbonyl (C=O) groups is 1. The van der Waals surface area contributed by atoms with Crippen molar-refractivity contribution >= 4 is 17.5 Å². The molecule has 1 N–H and O–H groups in total. The predicted molar refractivity (Wildman–Crippen MR) is 86.9 cm³/mol. The molecule has 0 spiro atoms. The third-order valence-corrected chi connectivity index (χ3v) is 3.57. The maximum Gasteiger partial charge on any atom is 0.260 e. The Hall–Kier alpha value is -1.26. The van der Waals surface area contributed by atoms with Crippen molar-refractivity contribution in [2.45, 2.75) is 39.8 Å². The van der Waals surface area contributed by atoms with E-state index in [1.54, 1.807) is 11.9 Å². The fourth-order valence-electron chi connectivity index (χ4n) is 1.71. The molecule has 5 heteroatoms. The fourth-order valence-corrected chi connectivity index (χ4v) is 1.97. The quantitative estimate of drug-likeness (QED) is 0.750. The first kappa shape index (κ1) is 17.8. The third-order valence-electron chi connectivity index (χ3n) is 3.27. The first-order chi connectivity index (χ1) is 9.95. The van der Waals surface area contributed by atoms with Crippen LogP contribution in [0.1, 0.15) is 32.8 Å². The van der Waals surface area contributed by atoms with Gasteiger partial charge in [0.25, 0.3) is 5.91 Å². The summed E-state index contributed by atoms with van der Waals surface area (Å²) in [7, 11) is 1.76. The molecule has 1 amide bonds. The van der Waals surface area contributed by atoms with Gasteiger partial charge in [-0.25, -0.2) is 0 Å². The van der Waals surface area contributed by atoms with Crippen LogP contribution < -0.4 is 10.1 Å². The van der Waals surface area contributed by atoms with Gasteiger partial charge in [0, 0.05) is 19.6 Å². The lowest BCUT2D eigenvalue weighted by molar-refractivity contribution is -0.133. The molecule has 0 atom stereocenters. The number of ether oxygens (including phenoxy) is 1. The molecule has 0 saturated heterocycles. The Morgan fingerprint density at radius 1 is 1.43 bits per heavy atom. The Kier molecular flexibility index (Phi) is 7.54. The highest BCUT2D eigenvalue weighted by Crippen LogP contribution is 2.25. The Labute approximate surface area is 132 Å². The van der Waals surface area contributed by atoms with Crippen molar-refractivity contribution in [3.8, 4) is 5.75 Å². The Morgan fingerprint density at radius 3 is 2.71 bits per heavy atom. The highest BCUT2D eigenvalue weighted by molar-refractivity contribution is 6.32. The van der Waals surface area contributed by atoms with Gasteiger partial charge in [-0.1, -0.05) is 24.6 Å². The normalized spacial score (nSPS) is 10.8. The van der Waals surface area contributed by atoms with E-state index in [0.29, 0.717) is 10.8 Å². The number of nitrogens with one attached hydrogen (secondary N) is 1. The monoisotopic (exact) mass is 312 g/mol. The average molecular weight is 313 g/mol. The molecule has 1 aromatic rings. The van der Waals surface area contributed by atoms with E-state index < -0.39 is 0 Å². The molecule has 21 heavy (non-hydrogen) atoms. The number of hydrogen-bond donors (Lipinski definition) is 1. The minimum Gasteiger partial charge on any atom is -0.482 e. The predicted octanol–water partition coefficient (Wildman–Crippen LogP) is 3.09. The molecule has 0 aliphatic rings. The summed E-state index contributed by atoms with van der Waals surface area (Å²) in [6.45, 7) is 7.81. The zero-order valence-corrected chi connectivity index (χ0v) is 14.0. The van der Waals surface area contributed by atoms with E-state index in [9.17, 15) is 4.79 Å². The van der Waals surface area contributed by atoms with E-state index >= 15 is 0 Å². The highest BCUT2D eigenvalue weighted by Gasteiger charge is 2.13. The van der Waals surface area contributed by atoms with Crippen LogP contribution in [0, 0.1) is 0 Å².